The number of hydrogen-bond donors (Lipinski definition) is 0. The number of aliphatic imine (C=N–C) groups is 2. The summed E-state index contributed by atoms with van der Waals surface area (Å²) in [5.74, 6) is 0.594. The Labute approximate surface area is 92.9 Å². The second-order valence-electron chi connectivity index (χ2n) is 2.78. The van der Waals surface area contributed by atoms with Crippen LogP contribution in [0.4, 0.5) is 0 Å². The smallest absolute Gasteiger partial charge is 0.165 e. The summed E-state index contributed by atoms with van der Waals surface area (Å²) in [7, 11) is 1.65. The predicted octanol–water partition coefficient (Wildman–Crippen LogP) is 2.58. The van der Waals surface area contributed by atoms with Gasteiger partial charge in [-0.2, -0.15) is 0 Å². The van der Waals surface area contributed by atoms with Crippen molar-refractivity contribution in [3.63, 3.8) is 0 Å². The molecular weight excluding hydrogens is 208 g/mol. The molecule has 1 aromatic rings. The number of nitrogens with zero attached hydrogens (tertiary/aromatic N) is 2. The van der Waals surface area contributed by atoms with Crippen molar-refractivity contribution < 1.29 is 4.79 Å². The van der Waals surface area contributed by atoms with Gasteiger partial charge in [-0.25, -0.2) is 4.99 Å². The first-order valence-electron chi connectivity index (χ1n) is 4.41. The first-order chi connectivity index (χ1) is 7.20. The maximum absolute atomic E-state index is 11.3. The highest BCUT2D eigenvalue weighted by Crippen LogP contribution is 2.18. The molecule has 0 atom stereocenters. The van der Waals surface area contributed by atoms with Gasteiger partial charge >= 0.3 is 0 Å². The van der Waals surface area contributed by atoms with E-state index < -0.39 is 0 Å². The van der Waals surface area contributed by atoms with Crippen molar-refractivity contribution in [2.24, 2.45) is 9.98 Å². The second kappa shape index (κ2) is 5.36. The molecule has 0 spiro atoms. The van der Waals surface area contributed by atoms with Crippen LogP contribution in [0.2, 0.25) is 0 Å². The van der Waals surface area contributed by atoms with Gasteiger partial charge in [-0.3, -0.25) is 9.79 Å². The number of thiophene rings is 1. The van der Waals surface area contributed by atoms with Gasteiger partial charge in [0.2, 0.25) is 0 Å². The van der Waals surface area contributed by atoms with E-state index in [2.05, 4.69) is 16.6 Å². The Hall–Kier alpha value is -1.55. The first-order valence-corrected chi connectivity index (χ1v) is 5.29. The Morgan fingerprint density at radius 2 is 2.33 bits per heavy atom. The van der Waals surface area contributed by atoms with Crippen LogP contribution in [0.5, 0.6) is 0 Å². The number of amidine groups is 1. The molecule has 0 fully saturated rings. The molecule has 3 nitrogen and oxygen atoms in total. The van der Waals surface area contributed by atoms with Crippen LogP contribution in [-0.4, -0.2) is 24.9 Å². The fraction of sp³-hybridized carbons (Fsp3) is 0.182. The Balaban J connectivity index is 3.13. The van der Waals surface area contributed by atoms with Crippen LogP contribution in [0, 0.1) is 0 Å². The number of allylic oxidation sites excluding steroid dienone is 1. The fourth-order valence-electron chi connectivity index (χ4n) is 1.10. The number of Topliss-reactive ketones (excluding diaryl/α,β-unsaturated/α-hetero) is 1. The minimum absolute atomic E-state index is 0.0289. The normalized spacial score (nSPS) is 12.0. The van der Waals surface area contributed by atoms with E-state index in [0.29, 0.717) is 11.4 Å². The Morgan fingerprint density at radius 3 is 2.87 bits per heavy atom. The molecule has 0 saturated carbocycles. The minimum Gasteiger partial charge on any atom is -0.294 e. The molecule has 0 aliphatic rings. The molecule has 15 heavy (non-hydrogen) atoms. The van der Waals surface area contributed by atoms with Gasteiger partial charge in [0.15, 0.2) is 11.6 Å². The van der Waals surface area contributed by atoms with E-state index in [4.69, 9.17) is 0 Å². The van der Waals surface area contributed by atoms with E-state index in [-0.39, 0.29) is 5.78 Å². The van der Waals surface area contributed by atoms with Gasteiger partial charge in [-0.1, -0.05) is 12.7 Å². The lowest BCUT2D eigenvalue weighted by molar-refractivity contribution is 0.101. The second-order valence-corrected chi connectivity index (χ2v) is 3.70. The van der Waals surface area contributed by atoms with Crippen molar-refractivity contribution >= 4 is 29.2 Å². The van der Waals surface area contributed by atoms with E-state index >= 15 is 0 Å². The molecule has 1 aromatic heterocycles. The van der Waals surface area contributed by atoms with Gasteiger partial charge in [0, 0.05) is 18.8 Å². The monoisotopic (exact) mass is 220 g/mol. The molecular formula is C11H12N2OS. The third-order valence-electron chi connectivity index (χ3n) is 1.76. The van der Waals surface area contributed by atoms with Crippen LogP contribution in [-0.2, 0) is 0 Å². The third kappa shape index (κ3) is 2.70. The number of ketones is 1. The van der Waals surface area contributed by atoms with Gasteiger partial charge < -0.3 is 0 Å². The van der Waals surface area contributed by atoms with Crippen molar-refractivity contribution in [2.45, 2.75) is 6.92 Å². The highest BCUT2D eigenvalue weighted by Gasteiger charge is 2.12. The lowest BCUT2D eigenvalue weighted by Gasteiger charge is -1.98. The molecule has 4 heteroatoms. The topological polar surface area (TPSA) is 41.8 Å². The summed E-state index contributed by atoms with van der Waals surface area (Å²) < 4.78 is 0. The Bertz CT molecular complexity index is 430. The maximum Gasteiger partial charge on any atom is 0.165 e. The fourth-order valence-corrected chi connectivity index (χ4v) is 2.03. The lowest BCUT2D eigenvalue weighted by atomic mass is 10.2. The molecule has 1 rings (SSSR count). The third-order valence-corrected chi connectivity index (χ3v) is 2.67. The van der Waals surface area contributed by atoms with Gasteiger partial charge in [-0.05, 0) is 18.4 Å². The van der Waals surface area contributed by atoms with Gasteiger partial charge in [0.05, 0.1) is 4.88 Å². The Morgan fingerprint density at radius 1 is 1.60 bits per heavy atom. The molecule has 0 amide bonds. The number of carbonyl (C=O) groups is 1. The molecule has 0 radical (unpaired) electrons. The van der Waals surface area contributed by atoms with E-state index in [1.807, 2.05) is 5.38 Å². The van der Waals surface area contributed by atoms with E-state index in [1.54, 1.807) is 25.4 Å². The number of hydrogen-bond acceptors (Lipinski definition) is 3. The molecule has 78 valence electrons. The Kier molecular flexibility index (Phi) is 4.12. The molecule has 0 aromatic carbocycles. The van der Waals surface area contributed by atoms with Gasteiger partial charge in [0.25, 0.3) is 0 Å². The molecule has 0 unspecified atom stereocenters. The number of rotatable bonds is 3. The largest absolute Gasteiger partial charge is 0.294 e. The first kappa shape index (κ1) is 11.5. The van der Waals surface area contributed by atoms with Crippen LogP contribution in [0.3, 0.4) is 0 Å². The summed E-state index contributed by atoms with van der Waals surface area (Å²) >= 11 is 1.46. The zero-order valence-corrected chi connectivity index (χ0v) is 9.54. The van der Waals surface area contributed by atoms with Crippen molar-refractivity contribution in [2.75, 3.05) is 7.05 Å². The molecule has 0 saturated heterocycles. The van der Waals surface area contributed by atoms with Crippen molar-refractivity contribution in [3.8, 4) is 0 Å². The van der Waals surface area contributed by atoms with E-state index in [0.717, 1.165) is 4.88 Å². The highest BCUT2D eigenvalue weighted by atomic mass is 32.1. The highest BCUT2D eigenvalue weighted by molar-refractivity contribution is 7.12. The molecule has 1 heterocycles. The van der Waals surface area contributed by atoms with Gasteiger partial charge in [0.1, 0.15) is 0 Å². The quantitative estimate of drug-likeness (QED) is 0.438. The summed E-state index contributed by atoms with van der Waals surface area (Å²) in [4.78, 5) is 20.3. The van der Waals surface area contributed by atoms with Crippen LogP contribution in [0.25, 0.3) is 0 Å². The molecule has 0 N–H and O–H groups in total. The average Bonchev–Trinajstić information content (AvgIpc) is 2.68. The standard InChI is InChI=1S/C11H12N2OS/c1-4-6-13-11(12-3)10-9(8(2)14)5-7-15-10/h4-7H,1H2,2-3H3. The summed E-state index contributed by atoms with van der Waals surface area (Å²) in [6.07, 6.45) is 3.14. The summed E-state index contributed by atoms with van der Waals surface area (Å²) in [6, 6.07) is 1.79. The zero-order valence-electron chi connectivity index (χ0n) is 8.73. The summed E-state index contributed by atoms with van der Waals surface area (Å²) in [5.41, 5.74) is 0.668. The summed E-state index contributed by atoms with van der Waals surface area (Å²) in [6.45, 7) is 5.08. The lowest BCUT2D eigenvalue weighted by Crippen LogP contribution is -2.01. The van der Waals surface area contributed by atoms with E-state index in [9.17, 15) is 4.79 Å². The molecule has 0 aliphatic carbocycles. The van der Waals surface area contributed by atoms with Crippen LogP contribution >= 0.6 is 11.3 Å². The SMILES string of the molecule is C=CC=NC(=NC)c1sccc1C(C)=O. The number of carbonyl (C=O) groups excluding carboxylic acids is 1. The van der Waals surface area contributed by atoms with Crippen LogP contribution < -0.4 is 0 Å². The van der Waals surface area contributed by atoms with Gasteiger partial charge in [-0.15, -0.1) is 11.3 Å². The predicted molar refractivity (Wildman–Crippen MR) is 65.5 cm³/mol. The van der Waals surface area contributed by atoms with Crippen LogP contribution in [0.15, 0.2) is 34.1 Å². The maximum atomic E-state index is 11.3. The molecule has 0 aliphatic heterocycles. The summed E-state index contributed by atoms with van der Waals surface area (Å²) in [5, 5.41) is 1.86. The average molecular weight is 220 g/mol. The minimum atomic E-state index is 0.0289. The van der Waals surface area contributed by atoms with Crippen molar-refractivity contribution in [1.82, 2.24) is 0 Å². The zero-order chi connectivity index (χ0) is 11.3. The van der Waals surface area contributed by atoms with Crippen molar-refractivity contribution in [3.05, 3.63) is 34.5 Å². The van der Waals surface area contributed by atoms with E-state index in [1.165, 1.54) is 18.3 Å². The van der Waals surface area contributed by atoms with Crippen LogP contribution in [0.1, 0.15) is 22.2 Å². The van der Waals surface area contributed by atoms with Crippen molar-refractivity contribution in [1.29, 1.82) is 0 Å². The molecule has 0 bridgehead atoms.